The van der Waals surface area contributed by atoms with Crippen molar-refractivity contribution in [2.75, 3.05) is 6.54 Å². The zero-order valence-electron chi connectivity index (χ0n) is 8.42. The van der Waals surface area contributed by atoms with Crippen molar-refractivity contribution < 1.29 is 0 Å². The third-order valence-corrected chi connectivity index (χ3v) is 3.92. The highest BCUT2D eigenvalue weighted by Crippen LogP contribution is 2.43. The third kappa shape index (κ3) is 2.50. The fourth-order valence-corrected chi connectivity index (χ4v) is 2.95. The molecule has 0 amide bonds. The molecule has 1 aromatic heterocycles. The van der Waals surface area contributed by atoms with E-state index >= 15 is 0 Å². The van der Waals surface area contributed by atoms with Gasteiger partial charge in [-0.1, -0.05) is 18.5 Å². The van der Waals surface area contributed by atoms with Gasteiger partial charge in [0.25, 0.3) is 0 Å². The number of rotatable bonds is 5. The molecule has 1 saturated carbocycles. The van der Waals surface area contributed by atoms with E-state index in [0.717, 1.165) is 16.8 Å². The van der Waals surface area contributed by atoms with Gasteiger partial charge in [0.2, 0.25) is 0 Å². The maximum Gasteiger partial charge on any atom is 0.0931 e. The van der Waals surface area contributed by atoms with E-state index in [1.165, 1.54) is 24.1 Å². The molecule has 1 heterocycles. The van der Waals surface area contributed by atoms with E-state index in [-0.39, 0.29) is 0 Å². The Morgan fingerprint density at radius 3 is 2.86 bits per heavy atom. The second-order valence-corrected chi connectivity index (χ2v) is 5.66. The van der Waals surface area contributed by atoms with Crippen LogP contribution in [-0.2, 0) is 0 Å². The van der Waals surface area contributed by atoms with Gasteiger partial charge in [-0.3, -0.25) is 0 Å². The van der Waals surface area contributed by atoms with Crippen LogP contribution in [0.4, 0.5) is 0 Å². The number of halogens is 1. The lowest BCUT2D eigenvalue weighted by Crippen LogP contribution is -2.22. The highest BCUT2D eigenvalue weighted by atomic mass is 35.5. The van der Waals surface area contributed by atoms with E-state index in [0.29, 0.717) is 6.04 Å². The van der Waals surface area contributed by atoms with Gasteiger partial charge in [0, 0.05) is 10.9 Å². The molecule has 0 saturated heterocycles. The van der Waals surface area contributed by atoms with E-state index < -0.39 is 0 Å². The van der Waals surface area contributed by atoms with E-state index in [1.54, 1.807) is 11.3 Å². The Morgan fingerprint density at radius 2 is 2.36 bits per heavy atom. The fourth-order valence-electron chi connectivity index (χ4n) is 1.72. The summed E-state index contributed by atoms with van der Waals surface area (Å²) in [5.74, 6) is 0.858. The highest BCUT2D eigenvalue weighted by Gasteiger charge is 2.32. The lowest BCUT2D eigenvalue weighted by Gasteiger charge is -2.15. The summed E-state index contributed by atoms with van der Waals surface area (Å²) in [6.07, 6.45) is 3.94. The maximum absolute atomic E-state index is 5.95. The van der Waals surface area contributed by atoms with Crippen LogP contribution in [0.25, 0.3) is 0 Å². The molecule has 0 bridgehead atoms. The first-order valence-electron chi connectivity index (χ1n) is 5.30. The van der Waals surface area contributed by atoms with Gasteiger partial charge in [-0.05, 0) is 43.9 Å². The van der Waals surface area contributed by atoms with E-state index in [9.17, 15) is 0 Å². The summed E-state index contributed by atoms with van der Waals surface area (Å²) in [7, 11) is 0. The molecule has 0 radical (unpaired) electrons. The highest BCUT2D eigenvalue weighted by molar-refractivity contribution is 7.16. The molecular formula is C11H16ClNS. The van der Waals surface area contributed by atoms with Crippen LogP contribution >= 0.6 is 22.9 Å². The number of hydrogen-bond donors (Lipinski definition) is 1. The van der Waals surface area contributed by atoms with Gasteiger partial charge in [0.05, 0.1) is 4.34 Å². The minimum atomic E-state index is 0.562. The molecule has 78 valence electrons. The molecular weight excluding hydrogens is 214 g/mol. The predicted molar refractivity (Wildman–Crippen MR) is 63.1 cm³/mol. The first kappa shape index (κ1) is 10.5. The molecule has 0 spiro atoms. The minimum absolute atomic E-state index is 0.562. The smallest absolute Gasteiger partial charge is 0.0931 e. The molecule has 1 aliphatic rings. The van der Waals surface area contributed by atoms with Crippen molar-refractivity contribution in [3.05, 3.63) is 21.3 Å². The second-order valence-electron chi connectivity index (χ2n) is 3.91. The molecule has 1 nitrogen and oxygen atoms in total. The molecule has 1 atom stereocenters. The van der Waals surface area contributed by atoms with Crippen LogP contribution in [0.2, 0.25) is 4.34 Å². The van der Waals surface area contributed by atoms with Crippen molar-refractivity contribution in [3.63, 3.8) is 0 Å². The molecule has 1 fully saturated rings. The van der Waals surface area contributed by atoms with Crippen LogP contribution in [0.15, 0.2) is 12.1 Å². The second kappa shape index (κ2) is 4.65. The Bertz CT molecular complexity index is 293. The summed E-state index contributed by atoms with van der Waals surface area (Å²) < 4.78 is 0.906. The minimum Gasteiger partial charge on any atom is -0.309 e. The summed E-state index contributed by atoms with van der Waals surface area (Å²) in [4.78, 5) is 1.41. The van der Waals surface area contributed by atoms with Crippen molar-refractivity contribution in [1.29, 1.82) is 0 Å². The van der Waals surface area contributed by atoms with E-state index in [1.807, 2.05) is 6.07 Å². The molecule has 1 N–H and O–H groups in total. The van der Waals surface area contributed by atoms with Crippen LogP contribution < -0.4 is 5.32 Å². The maximum atomic E-state index is 5.95. The van der Waals surface area contributed by atoms with Crippen LogP contribution in [0, 0.1) is 5.92 Å². The lowest BCUT2D eigenvalue weighted by atomic mass is 10.1. The molecule has 0 aromatic carbocycles. The van der Waals surface area contributed by atoms with Crippen LogP contribution in [0.5, 0.6) is 0 Å². The number of nitrogens with one attached hydrogen (secondary N) is 1. The number of thiophene rings is 1. The Hall–Kier alpha value is -0.0500. The average molecular weight is 230 g/mol. The molecule has 2 rings (SSSR count). The van der Waals surface area contributed by atoms with Crippen LogP contribution in [0.3, 0.4) is 0 Å². The Kier molecular flexibility index (Phi) is 3.47. The Morgan fingerprint density at radius 1 is 1.57 bits per heavy atom. The molecule has 3 heteroatoms. The topological polar surface area (TPSA) is 12.0 Å². The van der Waals surface area contributed by atoms with E-state index in [2.05, 4.69) is 18.3 Å². The summed E-state index contributed by atoms with van der Waals surface area (Å²) in [5, 5.41) is 3.61. The summed E-state index contributed by atoms with van der Waals surface area (Å²) in [6, 6.07) is 4.73. The first-order valence-corrected chi connectivity index (χ1v) is 6.49. The molecule has 1 aromatic rings. The van der Waals surface area contributed by atoms with Crippen molar-refractivity contribution in [3.8, 4) is 0 Å². The quantitative estimate of drug-likeness (QED) is 0.809. The van der Waals surface area contributed by atoms with Gasteiger partial charge in [-0.15, -0.1) is 11.3 Å². The monoisotopic (exact) mass is 229 g/mol. The van der Waals surface area contributed by atoms with Gasteiger partial charge in [-0.2, -0.15) is 0 Å². The van der Waals surface area contributed by atoms with Crippen molar-refractivity contribution >= 4 is 22.9 Å². The van der Waals surface area contributed by atoms with Gasteiger partial charge >= 0.3 is 0 Å². The van der Waals surface area contributed by atoms with Gasteiger partial charge in [0.1, 0.15) is 0 Å². The zero-order chi connectivity index (χ0) is 9.97. The van der Waals surface area contributed by atoms with Gasteiger partial charge in [-0.25, -0.2) is 0 Å². The van der Waals surface area contributed by atoms with Crippen molar-refractivity contribution in [2.45, 2.75) is 32.2 Å². The predicted octanol–water partition coefficient (Wildman–Crippen LogP) is 3.85. The molecule has 14 heavy (non-hydrogen) atoms. The Labute approximate surface area is 94.5 Å². The summed E-state index contributed by atoms with van der Waals surface area (Å²) >= 11 is 7.67. The molecule has 1 aliphatic carbocycles. The van der Waals surface area contributed by atoms with Crippen molar-refractivity contribution in [2.24, 2.45) is 5.92 Å². The average Bonchev–Trinajstić information content (AvgIpc) is 2.91. The van der Waals surface area contributed by atoms with Crippen LogP contribution in [-0.4, -0.2) is 6.54 Å². The summed E-state index contributed by atoms with van der Waals surface area (Å²) in [5.41, 5.74) is 0. The fraction of sp³-hybridized carbons (Fsp3) is 0.636. The third-order valence-electron chi connectivity index (χ3n) is 2.61. The normalized spacial score (nSPS) is 18.4. The first-order chi connectivity index (χ1) is 6.81. The van der Waals surface area contributed by atoms with E-state index in [4.69, 9.17) is 11.6 Å². The summed E-state index contributed by atoms with van der Waals surface area (Å²) in [6.45, 7) is 3.31. The van der Waals surface area contributed by atoms with Gasteiger partial charge < -0.3 is 5.32 Å². The number of hydrogen-bond acceptors (Lipinski definition) is 2. The largest absolute Gasteiger partial charge is 0.309 e. The molecule has 1 unspecified atom stereocenters. The zero-order valence-corrected chi connectivity index (χ0v) is 10.00. The SMILES string of the molecule is CCCNC(c1ccc(Cl)s1)C1CC1. The standard InChI is InChI=1S/C11H16ClNS/c1-2-7-13-11(8-3-4-8)9-5-6-10(12)14-9/h5-6,8,11,13H,2-4,7H2,1H3. The lowest BCUT2D eigenvalue weighted by molar-refractivity contribution is 0.488. The van der Waals surface area contributed by atoms with Gasteiger partial charge in [0.15, 0.2) is 0 Å². The van der Waals surface area contributed by atoms with Crippen LogP contribution in [0.1, 0.15) is 37.1 Å². The molecule has 0 aliphatic heterocycles. The van der Waals surface area contributed by atoms with Crippen molar-refractivity contribution in [1.82, 2.24) is 5.32 Å². The Balaban J connectivity index is 2.02.